The van der Waals surface area contributed by atoms with Crippen LogP contribution in [-0.4, -0.2) is 59.5 Å². The minimum Gasteiger partial charge on any atom is -0.476 e. The summed E-state index contributed by atoms with van der Waals surface area (Å²) < 4.78 is 10.7. The lowest BCUT2D eigenvalue weighted by Gasteiger charge is -2.30. The first-order chi connectivity index (χ1) is 11.1. The fourth-order valence-corrected chi connectivity index (χ4v) is 3.88. The van der Waals surface area contributed by atoms with Gasteiger partial charge in [-0.05, 0) is 25.7 Å². The number of piperidine rings is 1. The molecule has 1 atom stereocenters. The van der Waals surface area contributed by atoms with Crippen LogP contribution in [0.25, 0.3) is 0 Å². The van der Waals surface area contributed by atoms with Crippen LogP contribution in [0.4, 0.5) is 4.79 Å². The molecular weight excluding hydrogens is 320 g/mol. The van der Waals surface area contributed by atoms with E-state index in [0.717, 1.165) is 37.3 Å². The first-order valence-electron chi connectivity index (χ1n) is 7.85. The number of aromatic nitrogens is 1. The van der Waals surface area contributed by atoms with E-state index in [9.17, 15) is 9.59 Å². The fraction of sp³-hybridized carbons (Fsp3) is 0.667. The van der Waals surface area contributed by atoms with Gasteiger partial charge < -0.3 is 19.5 Å². The molecule has 0 bridgehead atoms. The Hall–Kier alpha value is -1.67. The molecule has 3 heterocycles. The molecule has 1 aromatic heterocycles. The third-order valence-corrected chi connectivity index (χ3v) is 5.27. The van der Waals surface area contributed by atoms with Crippen molar-refractivity contribution in [1.82, 2.24) is 9.88 Å². The lowest BCUT2D eigenvalue weighted by molar-refractivity contribution is 0.0271. The van der Waals surface area contributed by atoms with Crippen LogP contribution in [-0.2, 0) is 9.47 Å². The predicted molar refractivity (Wildman–Crippen MR) is 82.9 cm³/mol. The normalized spacial score (nSPS) is 22.3. The number of amides is 1. The molecule has 8 heteroatoms. The first kappa shape index (κ1) is 16.2. The molecule has 126 valence electrons. The monoisotopic (exact) mass is 340 g/mol. The van der Waals surface area contributed by atoms with Gasteiger partial charge in [0, 0.05) is 31.0 Å². The highest BCUT2D eigenvalue weighted by Crippen LogP contribution is 2.30. The standard InChI is InChI=1S/C15H20N2O5S/c18-14(19)12-9-23-13(16-12)10-3-5-17(6-4-10)15(20)22-8-11-2-1-7-21-11/h9-11H,1-8H2,(H,18,19). The Morgan fingerprint density at radius 2 is 2.17 bits per heavy atom. The second-order valence-electron chi connectivity index (χ2n) is 5.85. The summed E-state index contributed by atoms with van der Waals surface area (Å²) in [7, 11) is 0. The Morgan fingerprint density at radius 1 is 1.39 bits per heavy atom. The van der Waals surface area contributed by atoms with Crippen LogP contribution in [0.1, 0.15) is 47.1 Å². The minimum atomic E-state index is -0.998. The summed E-state index contributed by atoms with van der Waals surface area (Å²) in [6, 6.07) is 0. The molecule has 2 fully saturated rings. The van der Waals surface area contributed by atoms with Crippen LogP contribution in [0.15, 0.2) is 5.38 Å². The lowest BCUT2D eigenvalue weighted by atomic mass is 9.98. The Balaban J connectivity index is 1.45. The molecule has 23 heavy (non-hydrogen) atoms. The van der Waals surface area contributed by atoms with Crippen LogP contribution in [0.3, 0.4) is 0 Å². The number of carboxylic acids is 1. The number of ether oxygens (including phenoxy) is 2. The maximum Gasteiger partial charge on any atom is 0.409 e. The number of carboxylic acid groups (broad SMARTS) is 1. The molecule has 2 saturated heterocycles. The molecule has 1 aromatic rings. The van der Waals surface area contributed by atoms with Crippen LogP contribution < -0.4 is 0 Å². The highest BCUT2D eigenvalue weighted by molar-refractivity contribution is 7.09. The van der Waals surface area contributed by atoms with Gasteiger partial charge in [-0.15, -0.1) is 11.3 Å². The Kier molecular flexibility index (Phi) is 5.12. The highest BCUT2D eigenvalue weighted by atomic mass is 32.1. The summed E-state index contributed by atoms with van der Waals surface area (Å²) in [6.45, 7) is 2.29. The molecule has 0 saturated carbocycles. The van der Waals surface area contributed by atoms with Gasteiger partial charge in [0.1, 0.15) is 6.61 Å². The molecule has 1 unspecified atom stereocenters. The van der Waals surface area contributed by atoms with E-state index in [-0.39, 0.29) is 23.8 Å². The fourth-order valence-electron chi connectivity index (χ4n) is 2.91. The first-order valence-corrected chi connectivity index (χ1v) is 8.73. The van der Waals surface area contributed by atoms with Crippen molar-refractivity contribution in [3.63, 3.8) is 0 Å². The maximum atomic E-state index is 12.0. The van der Waals surface area contributed by atoms with Gasteiger partial charge in [-0.2, -0.15) is 0 Å². The van der Waals surface area contributed by atoms with E-state index in [1.807, 2.05) is 0 Å². The topological polar surface area (TPSA) is 89.0 Å². The Bertz CT molecular complexity index is 562. The Morgan fingerprint density at radius 3 is 2.78 bits per heavy atom. The summed E-state index contributed by atoms with van der Waals surface area (Å²) in [5, 5.41) is 11.3. The number of carbonyl (C=O) groups is 2. The number of hydrogen-bond donors (Lipinski definition) is 1. The van der Waals surface area contributed by atoms with Gasteiger partial charge in [0.25, 0.3) is 0 Å². The van der Waals surface area contributed by atoms with Gasteiger partial charge in [-0.1, -0.05) is 0 Å². The van der Waals surface area contributed by atoms with E-state index in [2.05, 4.69) is 4.98 Å². The predicted octanol–water partition coefficient (Wildman–Crippen LogP) is 2.34. The summed E-state index contributed by atoms with van der Waals surface area (Å²) in [5.74, 6) is -0.780. The number of rotatable bonds is 4. The van der Waals surface area contributed by atoms with E-state index in [0.29, 0.717) is 19.7 Å². The van der Waals surface area contributed by atoms with Crippen LogP contribution in [0.2, 0.25) is 0 Å². The number of aromatic carboxylic acids is 1. The summed E-state index contributed by atoms with van der Waals surface area (Å²) in [5.41, 5.74) is 0.100. The molecule has 1 N–H and O–H groups in total. The van der Waals surface area contributed by atoms with Crippen molar-refractivity contribution in [2.45, 2.75) is 37.7 Å². The van der Waals surface area contributed by atoms with Gasteiger partial charge in [-0.25, -0.2) is 14.6 Å². The van der Waals surface area contributed by atoms with E-state index in [1.54, 1.807) is 10.3 Å². The lowest BCUT2D eigenvalue weighted by Crippen LogP contribution is -2.39. The van der Waals surface area contributed by atoms with Crippen LogP contribution in [0, 0.1) is 0 Å². The molecular formula is C15H20N2O5S. The largest absolute Gasteiger partial charge is 0.476 e. The zero-order chi connectivity index (χ0) is 16.2. The molecule has 2 aliphatic rings. The van der Waals surface area contributed by atoms with E-state index >= 15 is 0 Å². The summed E-state index contributed by atoms with van der Waals surface area (Å²) >= 11 is 1.38. The zero-order valence-corrected chi connectivity index (χ0v) is 13.6. The van der Waals surface area contributed by atoms with E-state index < -0.39 is 5.97 Å². The highest BCUT2D eigenvalue weighted by Gasteiger charge is 2.28. The van der Waals surface area contributed by atoms with Crippen molar-refractivity contribution in [3.8, 4) is 0 Å². The Labute approximate surface area is 138 Å². The number of thiazole rings is 1. The molecule has 1 amide bonds. The minimum absolute atomic E-state index is 0.0428. The second kappa shape index (κ2) is 7.27. The van der Waals surface area contributed by atoms with Crippen molar-refractivity contribution in [3.05, 3.63) is 16.1 Å². The quantitative estimate of drug-likeness (QED) is 0.905. The number of carbonyl (C=O) groups excluding carboxylic acids is 1. The number of nitrogens with zero attached hydrogens (tertiary/aromatic N) is 2. The summed E-state index contributed by atoms with van der Waals surface area (Å²) in [4.78, 5) is 28.8. The SMILES string of the molecule is O=C(O)c1csc(C2CCN(C(=O)OCC3CCCO3)CC2)n1. The molecule has 0 radical (unpaired) electrons. The van der Waals surface area contributed by atoms with Crippen molar-refractivity contribution >= 4 is 23.4 Å². The smallest absolute Gasteiger partial charge is 0.409 e. The average Bonchev–Trinajstić information content (AvgIpc) is 3.24. The van der Waals surface area contributed by atoms with E-state index in [4.69, 9.17) is 14.6 Å². The molecule has 7 nitrogen and oxygen atoms in total. The number of hydrogen-bond acceptors (Lipinski definition) is 6. The van der Waals surface area contributed by atoms with Gasteiger partial charge in [0.2, 0.25) is 0 Å². The van der Waals surface area contributed by atoms with Crippen LogP contribution in [0.5, 0.6) is 0 Å². The third kappa shape index (κ3) is 4.00. The van der Waals surface area contributed by atoms with Crippen molar-refractivity contribution in [1.29, 1.82) is 0 Å². The average molecular weight is 340 g/mol. The van der Waals surface area contributed by atoms with Crippen molar-refractivity contribution < 1.29 is 24.2 Å². The van der Waals surface area contributed by atoms with E-state index in [1.165, 1.54) is 11.3 Å². The second-order valence-corrected chi connectivity index (χ2v) is 6.74. The third-order valence-electron chi connectivity index (χ3n) is 4.26. The molecule has 0 aromatic carbocycles. The molecule has 3 rings (SSSR count). The van der Waals surface area contributed by atoms with Crippen LogP contribution >= 0.6 is 11.3 Å². The molecule has 0 aliphatic carbocycles. The van der Waals surface area contributed by atoms with Gasteiger partial charge in [-0.3, -0.25) is 0 Å². The molecule has 2 aliphatic heterocycles. The molecule has 0 spiro atoms. The zero-order valence-electron chi connectivity index (χ0n) is 12.8. The number of likely N-dealkylation sites (tertiary alicyclic amines) is 1. The van der Waals surface area contributed by atoms with Gasteiger partial charge in [0.15, 0.2) is 5.69 Å². The van der Waals surface area contributed by atoms with Crippen molar-refractivity contribution in [2.24, 2.45) is 0 Å². The van der Waals surface area contributed by atoms with Gasteiger partial charge >= 0.3 is 12.1 Å². The van der Waals surface area contributed by atoms with Crippen molar-refractivity contribution in [2.75, 3.05) is 26.3 Å². The summed E-state index contributed by atoms with van der Waals surface area (Å²) in [6.07, 6.45) is 3.29. The maximum absolute atomic E-state index is 12.0. The van der Waals surface area contributed by atoms with Gasteiger partial charge in [0.05, 0.1) is 11.1 Å².